The standard InChI is InChI=1S/C12H17N3O4S/c1-8(9-2-3-9)7-14-20(18,19)10-4-5-12(15(16)17)11(13)6-10/h4-6,8-9,14H,2-3,7,13H2,1H3. The number of rotatable bonds is 6. The molecule has 1 aliphatic carbocycles. The molecule has 0 aromatic heterocycles. The molecule has 1 aromatic carbocycles. The van der Waals surface area contributed by atoms with Gasteiger partial charge in [-0.2, -0.15) is 0 Å². The molecule has 1 atom stereocenters. The zero-order valence-electron chi connectivity index (χ0n) is 11.1. The van der Waals surface area contributed by atoms with Crippen LogP contribution in [0.1, 0.15) is 19.8 Å². The van der Waals surface area contributed by atoms with Gasteiger partial charge in [0.1, 0.15) is 5.69 Å². The van der Waals surface area contributed by atoms with Crippen molar-refractivity contribution in [2.24, 2.45) is 11.8 Å². The van der Waals surface area contributed by atoms with Crippen molar-refractivity contribution in [2.75, 3.05) is 12.3 Å². The van der Waals surface area contributed by atoms with Crippen LogP contribution in [0.3, 0.4) is 0 Å². The van der Waals surface area contributed by atoms with Crippen molar-refractivity contribution in [2.45, 2.75) is 24.7 Å². The molecular formula is C12H17N3O4S. The summed E-state index contributed by atoms with van der Waals surface area (Å²) in [5, 5.41) is 10.6. The van der Waals surface area contributed by atoms with Crippen LogP contribution >= 0.6 is 0 Å². The van der Waals surface area contributed by atoms with Crippen LogP contribution < -0.4 is 10.5 Å². The first-order valence-corrected chi connectivity index (χ1v) is 7.83. The van der Waals surface area contributed by atoms with Gasteiger partial charge in [0.15, 0.2) is 0 Å². The van der Waals surface area contributed by atoms with Crippen LogP contribution in [0.25, 0.3) is 0 Å². The van der Waals surface area contributed by atoms with Crippen molar-refractivity contribution in [1.82, 2.24) is 4.72 Å². The lowest BCUT2D eigenvalue weighted by molar-refractivity contribution is -0.383. The number of anilines is 1. The van der Waals surface area contributed by atoms with Gasteiger partial charge in [-0.1, -0.05) is 6.92 Å². The summed E-state index contributed by atoms with van der Waals surface area (Å²) >= 11 is 0. The average molecular weight is 299 g/mol. The largest absolute Gasteiger partial charge is 0.393 e. The van der Waals surface area contributed by atoms with Gasteiger partial charge in [0.05, 0.1) is 9.82 Å². The van der Waals surface area contributed by atoms with Crippen molar-refractivity contribution >= 4 is 21.4 Å². The van der Waals surface area contributed by atoms with Crippen LogP contribution in [0.5, 0.6) is 0 Å². The van der Waals surface area contributed by atoms with Crippen LogP contribution in [0.2, 0.25) is 0 Å². The zero-order valence-corrected chi connectivity index (χ0v) is 11.9. The van der Waals surface area contributed by atoms with Gasteiger partial charge in [-0.25, -0.2) is 13.1 Å². The third-order valence-corrected chi connectivity index (χ3v) is 4.95. The maximum Gasteiger partial charge on any atom is 0.292 e. The summed E-state index contributed by atoms with van der Waals surface area (Å²) in [5.74, 6) is 0.889. The van der Waals surface area contributed by atoms with E-state index in [0.717, 1.165) is 25.0 Å². The average Bonchev–Trinajstić information content (AvgIpc) is 3.19. The fraction of sp³-hybridized carbons (Fsp3) is 0.500. The molecule has 0 heterocycles. The molecule has 1 aliphatic rings. The summed E-state index contributed by atoms with van der Waals surface area (Å²) in [6.45, 7) is 2.37. The van der Waals surface area contributed by atoms with E-state index in [-0.39, 0.29) is 16.3 Å². The smallest absolute Gasteiger partial charge is 0.292 e. The molecule has 1 fully saturated rings. The molecule has 3 N–H and O–H groups in total. The summed E-state index contributed by atoms with van der Waals surface area (Å²) in [6, 6.07) is 3.41. The molecule has 2 rings (SSSR count). The lowest BCUT2D eigenvalue weighted by atomic mass is 10.1. The van der Waals surface area contributed by atoms with E-state index in [0.29, 0.717) is 18.4 Å². The number of sulfonamides is 1. The lowest BCUT2D eigenvalue weighted by Crippen LogP contribution is -2.29. The SMILES string of the molecule is CC(CNS(=O)(=O)c1ccc([N+](=O)[O-])c(N)c1)C1CC1. The van der Waals surface area contributed by atoms with Crippen molar-refractivity contribution in [1.29, 1.82) is 0 Å². The van der Waals surface area contributed by atoms with Gasteiger partial charge in [0, 0.05) is 12.6 Å². The molecule has 20 heavy (non-hydrogen) atoms. The molecule has 1 unspecified atom stereocenters. The van der Waals surface area contributed by atoms with E-state index >= 15 is 0 Å². The number of hydrogen-bond donors (Lipinski definition) is 2. The number of nitro benzene ring substituents is 1. The van der Waals surface area contributed by atoms with Crippen LogP contribution in [0.15, 0.2) is 23.1 Å². The molecule has 7 nitrogen and oxygen atoms in total. The van der Waals surface area contributed by atoms with Gasteiger partial charge in [-0.05, 0) is 36.8 Å². The maximum atomic E-state index is 12.1. The molecule has 0 spiro atoms. The number of nitro groups is 1. The van der Waals surface area contributed by atoms with Crippen molar-refractivity contribution in [3.05, 3.63) is 28.3 Å². The molecule has 0 radical (unpaired) electrons. The van der Waals surface area contributed by atoms with Crippen LogP contribution in [0.4, 0.5) is 11.4 Å². The van der Waals surface area contributed by atoms with Crippen molar-refractivity contribution in [3.63, 3.8) is 0 Å². The zero-order chi connectivity index (χ0) is 14.9. The highest BCUT2D eigenvalue weighted by molar-refractivity contribution is 7.89. The summed E-state index contributed by atoms with van der Waals surface area (Å²) in [6.07, 6.45) is 2.29. The Morgan fingerprint density at radius 3 is 2.65 bits per heavy atom. The van der Waals surface area contributed by atoms with E-state index in [2.05, 4.69) is 4.72 Å². The lowest BCUT2D eigenvalue weighted by Gasteiger charge is -2.12. The predicted octanol–water partition coefficient (Wildman–Crippen LogP) is 1.50. The van der Waals surface area contributed by atoms with Crippen LogP contribution in [-0.2, 0) is 10.0 Å². The fourth-order valence-electron chi connectivity index (χ4n) is 2.02. The number of nitrogens with one attached hydrogen (secondary N) is 1. The van der Waals surface area contributed by atoms with Gasteiger partial charge in [0.2, 0.25) is 10.0 Å². The molecular weight excluding hydrogens is 282 g/mol. The van der Waals surface area contributed by atoms with Crippen LogP contribution in [0, 0.1) is 22.0 Å². The summed E-state index contributed by atoms with van der Waals surface area (Å²) in [4.78, 5) is 9.94. The second-order valence-electron chi connectivity index (χ2n) is 5.14. The highest BCUT2D eigenvalue weighted by Gasteiger charge is 2.29. The van der Waals surface area contributed by atoms with Gasteiger partial charge in [-0.3, -0.25) is 10.1 Å². The highest BCUT2D eigenvalue weighted by Crippen LogP contribution is 2.36. The minimum absolute atomic E-state index is 0.0522. The molecule has 0 bridgehead atoms. The molecule has 1 aromatic rings. The topological polar surface area (TPSA) is 115 Å². The first-order valence-electron chi connectivity index (χ1n) is 6.35. The van der Waals surface area contributed by atoms with Gasteiger partial charge >= 0.3 is 0 Å². The molecule has 0 saturated heterocycles. The Kier molecular flexibility index (Phi) is 3.96. The molecule has 0 aliphatic heterocycles. The Balaban J connectivity index is 2.12. The summed E-state index contributed by atoms with van der Waals surface area (Å²) < 4.78 is 26.7. The van der Waals surface area contributed by atoms with Gasteiger partial charge in [0.25, 0.3) is 5.69 Å². The van der Waals surface area contributed by atoms with E-state index in [1.807, 2.05) is 6.92 Å². The maximum absolute atomic E-state index is 12.1. The highest BCUT2D eigenvalue weighted by atomic mass is 32.2. The number of benzene rings is 1. The quantitative estimate of drug-likeness (QED) is 0.469. The monoisotopic (exact) mass is 299 g/mol. The minimum Gasteiger partial charge on any atom is -0.393 e. The number of hydrogen-bond acceptors (Lipinski definition) is 5. The Morgan fingerprint density at radius 1 is 1.50 bits per heavy atom. The van der Waals surface area contributed by atoms with E-state index in [9.17, 15) is 18.5 Å². The Labute approximate surface area is 117 Å². The summed E-state index contributed by atoms with van der Waals surface area (Å²) in [5.41, 5.74) is 5.04. The third kappa shape index (κ3) is 3.26. The Hall–Kier alpha value is -1.67. The second kappa shape index (κ2) is 5.37. The number of nitrogen functional groups attached to an aromatic ring is 1. The number of nitrogens with zero attached hydrogens (tertiary/aromatic N) is 1. The van der Waals surface area contributed by atoms with Gasteiger partial charge < -0.3 is 5.73 Å². The molecule has 0 amide bonds. The van der Waals surface area contributed by atoms with Crippen LogP contribution in [-0.4, -0.2) is 19.9 Å². The first-order chi connectivity index (χ1) is 9.31. The van der Waals surface area contributed by atoms with Crippen molar-refractivity contribution < 1.29 is 13.3 Å². The first kappa shape index (κ1) is 14.7. The van der Waals surface area contributed by atoms with Crippen molar-refractivity contribution in [3.8, 4) is 0 Å². The Bertz CT molecular complexity index is 626. The third-order valence-electron chi connectivity index (χ3n) is 3.53. The minimum atomic E-state index is -3.68. The molecule has 110 valence electrons. The number of nitrogens with two attached hydrogens (primary N) is 1. The van der Waals surface area contributed by atoms with E-state index in [1.165, 1.54) is 6.07 Å². The van der Waals surface area contributed by atoms with Gasteiger partial charge in [-0.15, -0.1) is 0 Å². The van der Waals surface area contributed by atoms with E-state index in [1.54, 1.807) is 0 Å². The second-order valence-corrected chi connectivity index (χ2v) is 6.91. The molecule has 1 saturated carbocycles. The Morgan fingerprint density at radius 2 is 2.15 bits per heavy atom. The predicted molar refractivity (Wildman–Crippen MR) is 74.6 cm³/mol. The fourth-order valence-corrected chi connectivity index (χ4v) is 3.20. The normalized spacial score (nSPS) is 16.9. The molecule has 8 heteroatoms. The van der Waals surface area contributed by atoms with E-state index in [4.69, 9.17) is 5.73 Å². The summed E-state index contributed by atoms with van der Waals surface area (Å²) in [7, 11) is -3.68. The van der Waals surface area contributed by atoms with E-state index < -0.39 is 14.9 Å².